The van der Waals surface area contributed by atoms with Gasteiger partial charge in [0, 0.05) is 30.6 Å². The number of aromatic nitrogens is 5. The van der Waals surface area contributed by atoms with Gasteiger partial charge in [0.1, 0.15) is 10.7 Å². The first-order valence-corrected chi connectivity index (χ1v) is 10.8. The Morgan fingerprint density at radius 2 is 1.97 bits per heavy atom. The number of anilines is 1. The van der Waals surface area contributed by atoms with Crippen LogP contribution in [0.15, 0.2) is 61.1 Å². The summed E-state index contributed by atoms with van der Waals surface area (Å²) in [6.07, 6.45) is 9.40. The predicted molar refractivity (Wildman–Crippen MR) is 118 cm³/mol. The Bertz CT molecular complexity index is 1110. The Balaban J connectivity index is 1.60. The number of nitrogens with zero attached hydrogens (tertiary/aromatic N) is 5. The highest BCUT2D eigenvalue weighted by Gasteiger charge is 2.20. The van der Waals surface area contributed by atoms with Crippen LogP contribution in [0.1, 0.15) is 41.6 Å². The highest BCUT2D eigenvalue weighted by molar-refractivity contribution is 7.15. The van der Waals surface area contributed by atoms with Gasteiger partial charge in [-0.2, -0.15) is 5.10 Å². The van der Waals surface area contributed by atoms with E-state index in [-0.39, 0.29) is 5.91 Å². The zero-order chi connectivity index (χ0) is 20.8. The van der Waals surface area contributed by atoms with Crippen LogP contribution in [-0.4, -0.2) is 30.9 Å². The van der Waals surface area contributed by atoms with Crippen LogP contribution in [0, 0.1) is 0 Å². The number of carbonyl (C=O) groups excluding carboxylic acids is 1. The van der Waals surface area contributed by atoms with Gasteiger partial charge in [-0.25, -0.2) is 4.68 Å². The summed E-state index contributed by atoms with van der Waals surface area (Å²) in [4.78, 5) is 17.2. The number of hydrogen-bond donors (Lipinski definition) is 1. The molecule has 7 nitrogen and oxygen atoms in total. The van der Waals surface area contributed by atoms with E-state index in [0.29, 0.717) is 16.4 Å². The summed E-state index contributed by atoms with van der Waals surface area (Å²) in [6, 6.07) is 13.4. The monoisotopic (exact) mass is 418 g/mol. The highest BCUT2D eigenvalue weighted by Crippen LogP contribution is 2.25. The number of hydrogen-bond acceptors (Lipinski definition) is 6. The minimum atomic E-state index is -0.271. The lowest BCUT2D eigenvalue weighted by Gasteiger charge is -2.01. The number of carbonyl (C=O) groups is 1. The summed E-state index contributed by atoms with van der Waals surface area (Å²) in [7, 11) is 0. The number of nitrogens with one attached hydrogen (secondary N) is 1. The summed E-state index contributed by atoms with van der Waals surface area (Å²) in [5.41, 5.74) is 2.66. The Labute approximate surface area is 178 Å². The molecule has 4 aromatic rings. The standard InChI is InChI=1S/C22H22N6OS/c1-2-3-5-12-19-25-26-22(30-19)24-21(29)18-15-28(17-10-6-4-7-11-17)27-20(18)16-9-8-13-23-14-16/h4,6-11,13-15H,2-3,5,12H2,1H3,(H,24,26,29). The van der Waals surface area contributed by atoms with Crippen LogP contribution in [0.4, 0.5) is 5.13 Å². The summed E-state index contributed by atoms with van der Waals surface area (Å²) in [5.74, 6) is -0.271. The molecule has 30 heavy (non-hydrogen) atoms. The van der Waals surface area contributed by atoms with Gasteiger partial charge in [0.25, 0.3) is 5.91 Å². The second-order valence-corrected chi connectivity index (χ2v) is 7.89. The summed E-state index contributed by atoms with van der Waals surface area (Å²) < 4.78 is 1.70. The van der Waals surface area contributed by atoms with Crippen molar-refractivity contribution in [2.45, 2.75) is 32.6 Å². The van der Waals surface area contributed by atoms with E-state index in [1.54, 1.807) is 23.3 Å². The van der Waals surface area contributed by atoms with Crippen LogP contribution < -0.4 is 5.32 Å². The second kappa shape index (κ2) is 9.41. The van der Waals surface area contributed by atoms with Crippen molar-refractivity contribution in [1.29, 1.82) is 0 Å². The van der Waals surface area contributed by atoms with Crippen LogP contribution in [-0.2, 0) is 6.42 Å². The molecule has 0 aliphatic rings. The SMILES string of the molecule is CCCCCc1nnc(NC(=O)c2cn(-c3ccccc3)nc2-c2cccnc2)s1. The molecule has 0 saturated heterocycles. The molecule has 4 rings (SSSR count). The number of para-hydroxylation sites is 1. The van der Waals surface area contributed by atoms with Crippen LogP contribution >= 0.6 is 11.3 Å². The lowest BCUT2D eigenvalue weighted by atomic mass is 10.1. The normalized spacial score (nSPS) is 10.8. The van der Waals surface area contributed by atoms with Crippen molar-refractivity contribution < 1.29 is 4.79 Å². The maximum atomic E-state index is 13.1. The van der Waals surface area contributed by atoms with E-state index in [1.165, 1.54) is 11.3 Å². The van der Waals surface area contributed by atoms with Crippen molar-refractivity contribution in [1.82, 2.24) is 25.0 Å². The molecule has 3 aromatic heterocycles. The fourth-order valence-corrected chi connectivity index (χ4v) is 3.84. The smallest absolute Gasteiger partial charge is 0.261 e. The summed E-state index contributed by atoms with van der Waals surface area (Å²) in [6.45, 7) is 2.17. The van der Waals surface area contributed by atoms with E-state index < -0.39 is 0 Å². The molecule has 0 radical (unpaired) electrons. The molecule has 1 amide bonds. The third-order valence-electron chi connectivity index (χ3n) is 4.60. The molecule has 0 aliphatic heterocycles. The maximum Gasteiger partial charge on any atom is 0.261 e. The lowest BCUT2D eigenvalue weighted by Crippen LogP contribution is -2.12. The lowest BCUT2D eigenvalue weighted by molar-refractivity contribution is 0.102. The van der Waals surface area contributed by atoms with Crippen LogP contribution in [0.3, 0.4) is 0 Å². The number of benzene rings is 1. The predicted octanol–water partition coefficient (Wildman–Crippen LogP) is 4.77. The topological polar surface area (TPSA) is 85.6 Å². The van der Waals surface area contributed by atoms with E-state index in [0.717, 1.165) is 41.9 Å². The van der Waals surface area contributed by atoms with Gasteiger partial charge in [-0.05, 0) is 30.7 Å². The van der Waals surface area contributed by atoms with Crippen molar-refractivity contribution in [3.8, 4) is 16.9 Å². The van der Waals surface area contributed by atoms with Crippen molar-refractivity contribution in [3.05, 3.63) is 71.6 Å². The molecule has 8 heteroatoms. The third kappa shape index (κ3) is 4.60. The highest BCUT2D eigenvalue weighted by atomic mass is 32.1. The van der Waals surface area contributed by atoms with Gasteiger partial charge < -0.3 is 0 Å². The largest absolute Gasteiger partial charge is 0.296 e. The van der Waals surface area contributed by atoms with Gasteiger partial charge in [0.2, 0.25) is 5.13 Å². The first kappa shape index (κ1) is 19.9. The first-order chi connectivity index (χ1) is 14.7. The van der Waals surface area contributed by atoms with E-state index in [1.807, 2.05) is 42.5 Å². The Morgan fingerprint density at radius 3 is 2.73 bits per heavy atom. The average Bonchev–Trinajstić information content (AvgIpc) is 3.43. The van der Waals surface area contributed by atoms with Crippen LogP contribution in [0.2, 0.25) is 0 Å². The number of aryl methyl sites for hydroxylation is 1. The van der Waals surface area contributed by atoms with E-state index >= 15 is 0 Å². The van der Waals surface area contributed by atoms with Gasteiger partial charge in [-0.15, -0.1) is 10.2 Å². The molecule has 0 atom stereocenters. The molecule has 0 unspecified atom stereocenters. The number of unbranched alkanes of at least 4 members (excludes halogenated alkanes) is 2. The quantitative estimate of drug-likeness (QED) is 0.417. The van der Waals surface area contributed by atoms with Crippen LogP contribution in [0.5, 0.6) is 0 Å². The van der Waals surface area contributed by atoms with Gasteiger partial charge in [0.05, 0.1) is 11.3 Å². The molecule has 3 heterocycles. The molecule has 0 bridgehead atoms. The zero-order valence-electron chi connectivity index (χ0n) is 16.7. The number of amides is 1. The first-order valence-electron chi connectivity index (χ1n) is 9.94. The molecule has 1 aromatic carbocycles. The minimum Gasteiger partial charge on any atom is -0.296 e. The maximum absolute atomic E-state index is 13.1. The molecule has 0 saturated carbocycles. The molecule has 0 aliphatic carbocycles. The molecular formula is C22H22N6OS. The van der Waals surface area contributed by atoms with Gasteiger partial charge in [0.15, 0.2) is 0 Å². The molecular weight excluding hydrogens is 396 g/mol. The van der Waals surface area contributed by atoms with Crippen molar-refractivity contribution in [3.63, 3.8) is 0 Å². The van der Waals surface area contributed by atoms with Gasteiger partial charge >= 0.3 is 0 Å². The van der Waals surface area contributed by atoms with Gasteiger partial charge in [-0.3, -0.25) is 15.1 Å². The molecule has 1 N–H and O–H groups in total. The average molecular weight is 419 g/mol. The van der Waals surface area contributed by atoms with Gasteiger partial charge in [-0.1, -0.05) is 49.3 Å². The molecule has 152 valence electrons. The molecule has 0 fully saturated rings. The summed E-state index contributed by atoms with van der Waals surface area (Å²) >= 11 is 1.42. The fourth-order valence-electron chi connectivity index (χ4n) is 3.06. The second-order valence-electron chi connectivity index (χ2n) is 6.83. The Morgan fingerprint density at radius 1 is 1.10 bits per heavy atom. The number of rotatable bonds is 8. The third-order valence-corrected chi connectivity index (χ3v) is 5.49. The minimum absolute atomic E-state index is 0.271. The summed E-state index contributed by atoms with van der Waals surface area (Å²) in [5, 5.41) is 17.3. The van der Waals surface area contributed by atoms with E-state index in [9.17, 15) is 4.79 Å². The fraction of sp³-hybridized carbons (Fsp3) is 0.227. The zero-order valence-corrected chi connectivity index (χ0v) is 17.5. The Hall–Kier alpha value is -3.39. The van der Waals surface area contributed by atoms with E-state index in [4.69, 9.17) is 0 Å². The van der Waals surface area contributed by atoms with Crippen molar-refractivity contribution >= 4 is 22.4 Å². The van der Waals surface area contributed by atoms with E-state index in [2.05, 4.69) is 32.5 Å². The number of pyridine rings is 1. The molecule has 0 spiro atoms. The Kier molecular flexibility index (Phi) is 6.24. The van der Waals surface area contributed by atoms with Crippen molar-refractivity contribution in [2.75, 3.05) is 5.32 Å². The van der Waals surface area contributed by atoms with Crippen molar-refractivity contribution in [2.24, 2.45) is 0 Å². The van der Waals surface area contributed by atoms with Crippen LogP contribution in [0.25, 0.3) is 16.9 Å².